The summed E-state index contributed by atoms with van der Waals surface area (Å²) in [6.07, 6.45) is -0.408. The fourth-order valence-corrected chi connectivity index (χ4v) is 2.66. The molecule has 1 fully saturated rings. The van der Waals surface area contributed by atoms with Crippen molar-refractivity contribution in [1.29, 1.82) is 0 Å². The molecule has 7 nitrogen and oxygen atoms in total. The van der Waals surface area contributed by atoms with Gasteiger partial charge in [-0.15, -0.1) is 0 Å². The van der Waals surface area contributed by atoms with Gasteiger partial charge in [-0.3, -0.25) is 9.59 Å². The van der Waals surface area contributed by atoms with Gasteiger partial charge in [0.2, 0.25) is 5.91 Å². The molecule has 132 valence electrons. The molecule has 0 spiro atoms. The van der Waals surface area contributed by atoms with Crippen molar-refractivity contribution >= 4 is 17.6 Å². The molecule has 7 heteroatoms. The van der Waals surface area contributed by atoms with Crippen molar-refractivity contribution in [2.24, 2.45) is 0 Å². The maximum absolute atomic E-state index is 11.8. The number of anilines is 1. The molecular formula is C17H24N2O5. The first kappa shape index (κ1) is 17.9. The van der Waals surface area contributed by atoms with E-state index >= 15 is 0 Å². The van der Waals surface area contributed by atoms with E-state index in [1.807, 2.05) is 32.0 Å². The van der Waals surface area contributed by atoms with Crippen LogP contribution in [0.1, 0.15) is 20.3 Å². The SMILES string of the molecule is COc1ccc(N2CCN(C(=O)CC(=O)O)CC2)cc1OC(C)C. The summed E-state index contributed by atoms with van der Waals surface area (Å²) in [6.45, 7) is 6.24. The normalized spacial score (nSPS) is 14.7. The second-order valence-corrected chi connectivity index (χ2v) is 5.94. The maximum Gasteiger partial charge on any atom is 0.312 e. The number of ether oxygens (including phenoxy) is 2. The first-order valence-electron chi connectivity index (χ1n) is 8.00. The Labute approximate surface area is 141 Å². The van der Waals surface area contributed by atoms with Crippen LogP contribution in [0.5, 0.6) is 11.5 Å². The molecule has 1 amide bonds. The van der Waals surface area contributed by atoms with E-state index in [1.54, 1.807) is 12.0 Å². The zero-order valence-electron chi connectivity index (χ0n) is 14.3. The molecule has 1 N–H and O–H groups in total. The van der Waals surface area contributed by atoms with Crippen LogP contribution in [0, 0.1) is 0 Å². The summed E-state index contributed by atoms with van der Waals surface area (Å²) in [6, 6.07) is 5.77. The van der Waals surface area contributed by atoms with E-state index in [0.717, 1.165) is 5.69 Å². The second-order valence-electron chi connectivity index (χ2n) is 5.94. The maximum atomic E-state index is 11.8. The number of nitrogens with zero attached hydrogens (tertiary/aromatic N) is 2. The molecule has 24 heavy (non-hydrogen) atoms. The van der Waals surface area contributed by atoms with Crippen molar-refractivity contribution in [3.05, 3.63) is 18.2 Å². The van der Waals surface area contributed by atoms with Crippen molar-refractivity contribution in [3.63, 3.8) is 0 Å². The number of carbonyl (C=O) groups excluding carboxylic acids is 1. The number of rotatable bonds is 6. The van der Waals surface area contributed by atoms with Crippen LogP contribution in [-0.4, -0.2) is 61.3 Å². The lowest BCUT2D eigenvalue weighted by Crippen LogP contribution is -2.49. The van der Waals surface area contributed by atoms with Gasteiger partial charge in [0.15, 0.2) is 11.5 Å². The quantitative estimate of drug-likeness (QED) is 0.795. The Balaban J connectivity index is 2.03. The monoisotopic (exact) mass is 336 g/mol. The number of carboxylic acid groups (broad SMARTS) is 1. The number of benzene rings is 1. The zero-order valence-corrected chi connectivity index (χ0v) is 14.3. The van der Waals surface area contributed by atoms with Crippen molar-refractivity contribution < 1.29 is 24.2 Å². The molecule has 1 heterocycles. The van der Waals surface area contributed by atoms with Gasteiger partial charge >= 0.3 is 5.97 Å². The highest BCUT2D eigenvalue weighted by Crippen LogP contribution is 2.33. The smallest absolute Gasteiger partial charge is 0.312 e. The number of carbonyl (C=O) groups is 2. The molecule has 0 saturated carbocycles. The van der Waals surface area contributed by atoms with Crippen molar-refractivity contribution in [1.82, 2.24) is 4.90 Å². The summed E-state index contributed by atoms with van der Waals surface area (Å²) in [5.41, 5.74) is 0.997. The van der Waals surface area contributed by atoms with Crippen molar-refractivity contribution in [2.45, 2.75) is 26.4 Å². The van der Waals surface area contributed by atoms with Crippen LogP contribution >= 0.6 is 0 Å². The lowest BCUT2D eigenvalue weighted by atomic mass is 10.2. The van der Waals surface area contributed by atoms with Gasteiger partial charge in [0.1, 0.15) is 6.42 Å². The van der Waals surface area contributed by atoms with Crippen LogP contribution < -0.4 is 14.4 Å². The Morgan fingerprint density at radius 3 is 2.38 bits per heavy atom. The van der Waals surface area contributed by atoms with Crippen molar-refractivity contribution in [2.75, 3.05) is 38.2 Å². The van der Waals surface area contributed by atoms with E-state index in [1.165, 1.54) is 0 Å². The number of hydrogen-bond acceptors (Lipinski definition) is 5. The summed E-state index contributed by atoms with van der Waals surface area (Å²) < 4.78 is 11.1. The molecule has 0 bridgehead atoms. The largest absolute Gasteiger partial charge is 0.493 e. The molecule has 1 aromatic rings. The van der Waals surface area contributed by atoms with Gasteiger partial charge in [0.05, 0.1) is 13.2 Å². The fraction of sp³-hybridized carbons (Fsp3) is 0.529. The highest BCUT2D eigenvalue weighted by molar-refractivity contribution is 5.93. The summed E-state index contributed by atoms with van der Waals surface area (Å²) >= 11 is 0. The van der Waals surface area contributed by atoms with Gasteiger partial charge in [0, 0.05) is 37.9 Å². The number of hydrogen-bond donors (Lipinski definition) is 1. The average molecular weight is 336 g/mol. The Kier molecular flexibility index (Phi) is 5.89. The van der Waals surface area contributed by atoms with E-state index in [0.29, 0.717) is 37.7 Å². The van der Waals surface area contributed by atoms with Crippen LogP contribution in [0.4, 0.5) is 5.69 Å². The van der Waals surface area contributed by atoms with Gasteiger partial charge in [0.25, 0.3) is 0 Å². The molecule has 0 radical (unpaired) electrons. The van der Waals surface area contributed by atoms with Crippen molar-refractivity contribution in [3.8, 4) is 11.5 Å². The number of carboxylic acids is 1. The van der Waals surface area contributed by atoms with Crippen LogP contribution in [0.2, 0.25) is 0 Å². The average Bonchev–Trinajstić information content (AvgIpc) is 2.53. The predicted octanol–water partition coefficient (Wildman–Crippen LogP) is 1.61. The minimum Gasteiger partial charge on any atom is -0.493 e. The van der Waals surface area contributed by atoms with E-state index in [9.17, 15) is 9.59 Å². The predicted molar refractivity (Wildman–Crippen MR) is 89.8 cm³/mol. The first-order valence-corrected chi connectivity index (χ1v) is 8.00. The number of methoxy groups -OCH3 is 1. The second kappa shape index (κ2) is 7.90. The molecular weight excluding hydrogens is 312 g/mol. The minimum absolute atomic E-state index is 0.0413. The van der Waals surface area contributed by atoms with E-state index in [2.05, 4.69) is 4.90 Å². The lowest BCUT2D eigenvalue weighted by Gasteiger charge is -2.36. The summed E-state index contributed by atoms with van der Waals surface area (Å²) in [5.74, 6) is -0.0501. The molecule has 1 aromatic carbocycles. The Hall–Kier alpha value is -2.44. The van der Waals surface area contributed by atoms with Crippen LogP contribution in [-0.2, 0) is 9.59 Å². The van der Waals surface area contributed by atoms with Gasteiger partial charge in [-0.05, 0) is 26.0 Å². The highest BCUT2D eigenvalue weighted by Gasteiger charge is 2.23. The standard InChI is InChI=1S/C17H24N2O5/c1-12(2)24-15-10-13(4-5-14(15)23-3)18-6-8-19(9-7-18)16(20)11-17(21)22/h4-5,10,12H,6-9,11H2,1-3H3,(H,21,22). The number of piperazine rings is 1. The lowest BCUT2D eigenvalue weighted by molar-refractivity contribution is -0.144. The molecule has 0 aromatic heterocycles. The van der Waals surface area contributed by atoms with Gasteiger partial charge < -0.3 is 24.4 Å². The molecule has 1 aliphatic rings. The zero-order chi connectivity index (χ0) is 17.7. The van der Waals surface area contributed by atoms with Gasteiger partial charge in [-0.2, -0.15) is 0 Å². The topological polar surface area (TPSA) is 79.3 Å². The molecule has 0 atom stereocenters. The summed E-state index contributed by atoms with van der Waals surface area (Å²) in [5, 5.41) is 8.71. The van der Waals surface area contributed by atoms with E-state index in [-0.39, 0.29) is 12.0 Å². The van der Waals surface area contributed by atoms with E-state index < -0.39 is 12.4 Å². The van der Waals surface area contributed by atoms with Gasteiger partial charge in [-0.1, -0.05) is 0 Å². The van der Waals surface area contributed by atoms with E-state index in [4.69, 9.17) is 14.6 Å². The Bertz CT molecular complexity index is 595. The van der Waals surface area contributed by atoms with Crippen LogP contribution in [0.15, 0.2) is 18.2 Å². The highest BCUT2D eigenvalue weighted by atomic mass is 16.5. The van der Waals surface area contributed by atoms with Crippen LogP contribution in [0.25, 0.3) is 0 Å². The third-order valence-electron chi connectivity index (χ3n) is 3.81. The molecule has 2 rings (SSSR count). The Morgan fingerprint density at radius 2 is 1.83 bits per heavy atom. The third kappa shape index (κ3) is 4.53. The summed E-state index contributed by atoms with van der Waals surface area (Å²) in [4.78, 5) is 26.2. The van der Waals surface area contributed by atoms with Crippen LogP contribution in [0.3, 0.4) is 0 Å². The Morgan fingerprint density at radius 1 is 1.17 bits per heavy atom. The molecule has 1 saturated heterocycles. The number of aliphatic carboxylic acids is 1. The fourth-order valence-electron chi connectivity index (χ4n) is 2.66. The molecule has 0 unspecified atom stereocenters. The summed E-state index contributed by atoms with van der Waals surface area (Å²) in [7, 11) is 1.61. The third-order valence-corrected chi connectivity index (χ3v) is 3.81. The molecule has 1 aliphatic heterocycles. The molecule has 0 aliphatic carbocycles. The number of amides is 1. The van der Waals surface area contributed by atoms with Gasteiger partial charge in [-0.25, -0.2) is 0 Å². The minimum atomic E-state index is -1.09. The first-order chi connectivity index (χ1) is 11.4.